The first-order valence-corrected chi connectivity index (χ1v) is 6.74. The Morgan fingerprint density at radius 1 is 1.06 bits per heavy atom. The van der Waals surface area contributed by atoms with Crippen LogP contribution < -0.4 is 0 Å². The van der Waals surface area contributed by atoms with Gasteiger partial charge in [-0.25, -0.2) is 4.74 Å². The van der Waals surface area contributed by atoms with Crippen LogP contribution in [0, 0.1) is 5.21 Å². The van der Waals surface area contributed by atoms with E-state index in [1.807, 2.05) is 6.92 Å². The maximum Gasteiger partial charge on any atom is 0.219 e. The lowest BCUT2D eigenvalue weighted by molar-refractivity contribution is -0.573. The van der Waals surface area contributed by atoms with E-state index in [9.17, 15) is 5.21 Å². The molecule has 96 valence electrons. The van der Waals surface area contributed by atoms with E-state index in [1.165, 1.54) is 19.3 Å². The highest BCUT2D eigenvalue weighted by atomic mass is 16.7. The molecule has 17 heavy (non-hydrogen) atoms. The summed E-state index contributed by atoms with van der Waals surface area (Å²) in [5, 5.41) is 12.1. The van der Waals surface area contributed by atoms with Crippen molar-refractivity contribution >= 4 is 5.71 Å². The van der Waals surface area contributed by atoms with Crippen LogP contribution >= 0.6 is 0 Å². The zero-order valence-electron chi connectivity index (χ0n) is 10.5. The summed E-state index contributed by atoms with van der Waals surface area (Å²) >= 11 is 0. The predicted octanol–water partition coefficient (Wildman–Crippen LogP) is 2.20. The van der Waals surface area contributed by atoms with Gasteiger partial charge >= 0.3 is 0 Å². The first kappa shape index (κ1) is 11.5. The van der Waals surface area contributed by atoms with Gasteiger partial charge in [0.1, 0.15) is 13.2 Å². The quantitative estimate of drug-likeness (QED) is 0.481. The summed E-state index contributed by atoms with van der Waals surface area (Å²) in [4.78, 5) is 0. The Morgan fingerprint density at radius 3 is 2.24 bits per heavy atom. The molecule has 0 unspecified atom stereocenters. The lowest BCUT2D eigenvalue weighted by atomic mass is 9.90. The molecule has 0 atom stereocenters. The van der Waals surface area contributed by atoms with Gasteiger partial charge in [0.25, 0.3) is 0 Å². The summed E-state index contributed by atoms with van der Waals surface area (Å²) in [5.41, 5.74) is 0.490. The average molecular weight is 239 g/mol. The number of hydrogen-bond donors (Lipinski definition) is 0. The largest absolute Gasteiger partial charge is 0.623 e. The van der Waals surface area contributed by atoms with E-state index in [0.29, 0.717) is 13.2 Å². The summed E-state index contributed by atoms with van der Waals surface area (Å²) < 4.78 is 13.1. The van der Waals surface area contributed by atoms with Crippen LogP contribution in [0.3, 0.4) is 0 Å². The highest BCUT2D eigenvalue weighted by molar-refractivity contribution is 5.78. The Labute approximate surface area is 102 Å². The minimum Gasteiger partial charge on any atom is -0.623 e. The van der Waals surface area contributed by atoms with Gasteiger partial charge in [0, 0.05) is 32.6 Å². The third kappa shape index (κ3) is 1.78. The molecule has 4 nitrogen and oxygen atoms in total. The molecule has 4 heteroatoms. The first-order chi connectivity index (χ1) is 8.16. The minimum absolute atomic E-state index is 0.360. The summed E-state index contributed by atoms with van der Waals surface area (Å²) in [6.45, 7) is 2.98. The maximum atomic E-state index is 12.1. The van der Waals surface area contributed by atoms with Crippen LogP contribution in [0.15, 0.2) is 0 Å². The molecule has 2 heterocycles. The molecule has 2 spiro atoms. The molecule has 1 saturated heterocycles. The topological polar surface area (TPSA) is 44.5 Å². The number of hydrogen-bond acceptors (Lipinski definition) is 3. The van der Waals surface area contributed by atoms with E-state index in [-0.39, 0.29) is 5.79 Å². The van der Waals surface area contributed by atoms with Gasteiger partial charge in [0.2, 0.25) is 5.54 Å². The monoisotopic (exact) mass is 239 g/mol. The van der Waals surface area contributed by atoms with E-state index in [2.05, 4.69) is 0 Å². The van der Waals surface area contributed by atoms with Crippen LogP contribution in [0.4, 0.5) is 0 Å². The lowest BCUT2D eigenvalue weighted by Gasteiger charge is -2.45. The zero-order valence-corrected chi connectivity index (χ0v) is 10.5. The molecule has 0 bridgehead atoms. The van der Waals surface area contributed by atoms with Gasteiger partial charge in [-0.1, -0.05) is 6.42 Å². The van der Waals surface area contributed by atoms with E-state index in [0.717, 1.165) is 36.1 Å². The second-order valence-corrected chi connectivity index (χ2v) is 5.80. The molecular formula is C13H21NO3. The number of ether oxygens (including phenoxy) is 2. The predicted molar refractivity (Wildman–Crippen MR) is 64.0 cm³/mol. The molecule has 1 saturated carbocycles. The molecule has 0 radical (unpaired) electrons. The average Bonchev–Trinajstić information content (AvgIpc) is 2.64. The van der Waals surface area contributed by atoms with Gasteiger partial charge in [0.15, 0.2) is 11.5 Å². The smallest absolute Gasteiger partial charge is 0.219 e. The fourth-order valence-electron chi connectivity index (χ4n) is 3.28. The highest BCUT2D eigenvalue weighted by Crippen LogP contribution is 2.40. The summed E-state index contributed by atoms with van der Waals surface area (Å²) in [6.07, 6.45) is 7.37. The fraction of sp³-hybridized carbons (Fsp3) is 0.923. The standard InChI is InChI=1S/C13H21NO3/c1-11-5-8-12(14(11)15)9-16-13(17-10-12)6-3-2-4-7-13/h2-10H2,1H3. The van der Waals surface area contributed by atoms with Gasteiger partial charge in [0.05, 0.1) is 0 Å². The molecule has 0 aromatic carbocycles. The zero-order chi connectivity index (χ0) is 11.9. The maximum absolute atomic E-state index is 12.1. The normalized spacial score (nSPS) is 31.4. The lowest BCUT2D eigenvalue weighted by Crippen LogP contribution is -2.57. The van der Waals surface area contributed by atoms with Crippen LogP contribution in [0.1, 0.15) is 51.9 Å². The Kier molecular flexibility index (Phi) is 2.67. The molecule has 3 aliphatic rings. The van der Waals surface area contributed by atoms with Crippen molar-refractivity contribution in [2.45, 2.75) is 63.2 Å². The molecule has 3 rings (SSSR count). The Morgan fingerprint density at radius 2 is 1.71 bits per heavy atom. The van der Waals surface area contributed by atoms with Gasteiger partial charge in [-0.15, -0.1) is 0 Å². The number of nitrogens with zero attached hydrogens (tertiary/aromatic N) is 1. The Bertz CT molecular complexity index is 335. The molecular weight excluding hydrogens is 218 g/mol. The molecule has 0 N–H and O–H groups in total. The molecule has 2 aliphatic heterocycles. The molecule has 1 aliphatic carbocycles. The number of hydroxylamine groups is 1. The van der Waals surface area contributed by atoms with Crippen LogP contribution in [-0.2, 0) is 9.47 Å². The molecule has 0 aromatic heterocycles. The number of rotatable bonds is 0. The van der Waals surface area contributed by atoms with Gasteiger partial charge in [-0.2, -0.15) is 0 Å². The van der Waals surface area contributed by atoms with Gasteiger partial charge in [-0.05, 0) is 12.8 Å². The van der Waals surface area contributed by atoms with Crippen LogP contribution in [0.25, 0.3) is 0 Å². The molecule has 0 amide bonds. The summed E-state index contributed by atoms with van der Waals surface area (Å²) in [7, 11) is 0. The third-order valence-corrected chi connectivity index (χ3v) is 4.55. The molecule has 2 fully saturated rings. The van der Waals surface area contributed by atoms with E-state index >= 15 is 0 Å². The van der Waals surface area contributed by atoms with E-state index in [4.69, 9.17) is 9.47 Å². The fourth-order valence-corrected chi connectivity index (χ4v) is 3.28. The SMILES string of the molecule is CC1=[N+]([O-])C2(CC1)COC1(CCCCC1)OC2. The van der Waals surface area contributed by atoms with Crippen molar-refractivity contribution in [2.75, 3.05) is 13.2 Å². The summed E-state index contributed by atoms with van der Waals surface area (Å²) in [5.74, 6) is -0.360. The summed E-state index contributed by atoms with van der Waals surface area (Å²) in [6, 6.07) is 0. The highest BCUT2D eigenvalue weighted by Gasteiger charge is 2.52. The third-order valence-electron chi connectivity index (χ3n) is 4.55. The molecule has 0 aromatic rings. The first-order valence-electron chi connectivity index (χ1n) is 6.74. The van der Waals surface area contributed by atoms with Crippen LogP contribution in [-0.4, -0.2) is 35.0 Å². The van der Waals surface area contributed by atoms with Crippen molar-refractivity contribution in [1.29, 1.82) is 0 Å². The van der Waals surface area contributed by atoms with E-state index < -0.39 is 5.54 Å². The second kappa shape index (κ2) is 3.95. The second-order valence-electron chi connectivity index (χ2n) is 5.80. The van der Waals surface area contributed by atoms with Crippen molar-refractivity contribution in [1.82, 2.24) is 0 Å². The van der Waals surface area contributed by atoms with Gasteiger partial charge < -0.3 is 14.7 Å². The van der Waals surface area contributed by atoms with Gasteiger partial charge in [-0.3, -0.25) is 0 Å². The van der Waals surface area contributed by atoms with Crippen molar-refractivity contribution in [3.8, 4) is 0 Å². The van der Waals surface area contributed by atoms with Crippen LogP contribution in [0.5, 0.6) is 0 Å². The van der Waals surface area contributed by atoms with Crippen molar-refractivity contribution in [3.05, 3.63) is 5.21 Å². The van der Waals surface area contributed by atoms with Crippen molar-refractivity contribution in [3.63, 3.8) is 0 Å². The van der Waals surface area contributed by atoms with Crippen LogP contribution in [0.2, 0.25) is 0 Å². The minimum atomic E-state index is -0.424. The van der Waals surface area contributed by atoms with Crippen molar-refractivity contribution in [2.24, 2.45) is 0 Å². The Balaban J connectivity index is 1.72. The van der Waals surface area contributed by atoms with Crippen molar-refractivity contribution < 1.29 is 14.2 Å². The Hall–Kier alpha value is -0.610. The van der Waals surface area contributed by atoms with E-state index in [1.54, 1.807) is 0 Å².